The predicted molar refractivity (Wildman–Crippen MR) is 61.7 cm³/mol. The Labute approximate surface area is 89.4 Å². The lowest BCUT2D eigenvalue weighted by Gasteiger charge is -2.10. The molecule has 2 nitrogen and oxygen atoms in total. The van der Waals surface area contributed by atoms with E-state index in [9.17, 15) is 0 Å². The molecule has 0 spiro atoms. The molecule has 3 heteroatoms. The molecular formula is C11H15ClN2. The van der Waals surface area contributed by atoms with Crippen molar-refractivity contribution >= 4 is 23.0 Å². The highest BCUT2D eigenvalue weighted by atomic mass is 35.5. The average Bonchev–Trinajstić information content (AvgIpc) is 2.90. The van der Waals surface area contributed by atoms with Gasteiger partial charge in [0.25, 0.3) is 0 Å². The van der Waals surface area contributed by atoms with Crippen molar-refractivity contribution in [2.75, 3.05) is 11.1 Å². The fourth-order valence-corrected chi connectivity index (χ4v) is 1.99. The normalized spacial score (nSPS) is 24.7. The van der Waals surface area contributed by atoms with Gasteiger partial charge in [0, 0.05) is 6.04 Å². The fraction of sp³-hybridized carbons (Fsp3) is 0.455. The zero-order valence-corrected chi connectivity index (χ0v) is 9.01. The van der Waals surface area contributed by atoms with Crippen molar-refractivity contribution < 1.29 is 0 Å². The summed E-state index contributed by atoms with van der Waals surface area (Å²) in [6.07, 6.45) is 2.46. The Hall–Kier alpha value is -0.890. The Morgan fingerprint density at radius 3 is 2.93 bits per heavy atom. The highest BCUT2D eigenvalue weighted by Gasteiger charge is 2.35. The number of hydrogen-bond donors (Lipinski definition) is 2. The van der Waals surface area contributed by atoms with Crippen LogP contribution in [0.4, 0.5) is 11.4 Å². The highest BCUT2D eigenvalue weighted by molar-refractivity contribution is 6.33. The van der Waals surface area contributed by atoms with E-state index in [0.717, 1.165) is 17.3 Å². The molecule has 2 unspecified atom stereocenters. The summed E-state index contributed by atoms with van der Waals surface area (Å²) in [6.45, 7) is 2.21. The van der Waals surface area contributed by atoms with E-state index in [1.165, 1.54) is 12.8 Å². The number of anilines is 2. The molecule has 0 aliphatic heterocycles. The van der Waals surface area contributed by atoms with Crippen LogP contribution in [0.1, 0.15) is 19.8 Å². The molecule has 0 aromatic heterocycles. The van der Waals surface area contributed by atoms with Crippen LogP contribution in [-0.2, 0) is 0 Å². The number of para-hydroxylation sites is 1. The van der Waals surface area contributed by atoms with E-state index in [1.54, 1.807) is 0 Å². The Morgan fingerprint density at radius 1 is 1.57 bits per heavy atom. The molecule has 0 amide bonds. The van der Waals surface area contributed by atoms with E-state index >= 15 is 0 Å². The van der Waals surface area contributed by atoms with Crippen LogP contribution >= 0.6 is 11.6 Å². The second-order valence-corrected chi connectivity index (χ2v) is 4.27. The topological polar surface area (TPSA) is 38.0 Å². The molecule has 76 valence electrons. The molecule has 2 rings (SSSR count). The number of benzene rings is 1. The number of nitrogens with one attached hydrogen (secondary N) is 1. The Morgan fingerprint density at radius 2 is 2.36 bits per heavy atom. The fourth-order valence-electron chi connectivity index (χ4n) is 1.75. The molecule has 14 heavy (non-hydrogen) atoms. The minimum atomic E-state index is 0.571. The van der Waals surface area contributed by atoms with Crippen molar-refractivity contribution in [2.45, 2.75) is 25.8 Å². The zero-order valence-electron chi connectivity index (χ0n) is 8.26. The van der Waals surface area contributed by atoms with Crippen molar-refractivity contribution in [1.29, 1.82) is 0 Å². The van der Waals surface area contributed by atoms with Gasteiger partial charge in [0.2, 0.25) is 0 Å². The quantitative estimate of drug-likeness (QED) is 0.753. The van der Waals surface area contributed by atoms with Crippen LogP contribution in [0.5, 0.6) is 0 Å². The smallest absolute Gasteiger partial charge is 0.0765 e. The summed E-state index contributed by atoms with van der Waals surface area (Å²) in [5, 5.41) is 4.11. The van der Waals surface area contributed by atoms with Crippen LogP contribution in [0.2, 0.25) is 5.02 Å². The van der Waals surface area contributed by atoms with E-state index in [-0.39, 0.29) is 0 Å². The molecule has 1 saturated carbocycles. The molecule has 1 fully saturated rings. The molecule has 1 aliphatic rings. The summed E-state index contributed by atoms with van der Waals surface area (Å²) >= 11 is 6.05. The van der Waals surface area contributed by atoms with Gasteiger partial charge in [0.15, 0.2) is 0 Å². The first-order valence-electron chi connectivity index (χ1n) is 5.03. The minimum absolute atomic E-state index is 0.571. The third kappa shape index (κ3) is 1.80. The molecule has 3 N–H and O–H groups in total. The van der Waals surface area contributed by atoms with Crippen LogP contribution in [0, 0.1) is 5.92 Å². The second kappa shape index (κ2) is 3.70. The van der Waals surface area contributed by atoms with Gasteiger partial charge in [-0.3, -0.25) is 0 Å². The number of nitrogen functional groups attached to an aromatic ring is 1. The Balaban J connectivity index is 2.09. The molecule has 0 radical (unpaired) electrons. The number of hydrogen-bond acceptors (Lipinski definition) is 2. The lowest BCUT2D eigenvalue weighted by molar-refractivity contribution is 0.775. The summed E-state index contributed by atoms with van der Waals surface area (Å²) < 4.78 is 0. The van der Waals surface area contributed by atoms with Gasteiger partial charge < -0.3 is 11.1 Å². The molecular weight excluding hydrogens is 196 g/mol. The molecule has 1 aromatic carbocycles. The maximum Gasteiger partial charge on any atom is 0.0765 e. The van der Waals surface area contributed by atoms with Crippen LogP contribution < -0.4 is 11.1 Å². The zero-order chi connectivity index (χ0) is 10.1. The maximum absolute atomic E-state index is 6.05. The maximum atomic E-state index is 6.05. The lowest BCUT2D eigenvalue weighted by atomic mass is 10.2. The Kier molecular flexibility index (Phi) is 2.55. The first-order chi connectivity index (χ1) is 6.72. The molecule has 1 aromatic rings. The van der Waals surface area contributed by atoms with E-state index in [0.29, 0.717) is 11.1 Å². The molecule has 2 atom stereocenters. The predicted octanol–water partition coefficient (Wildman–Crippen LogP) is 3.13. The van der Waals surface area contributed by atoms with Crippen LogP contribution in [0.15, 0.2) is 18.2 Å². The summed E-state index contributed by atoms with van der Waals surface area (Å²) in [7, 11) is 0. The van der Waals surface area contributed by atoms with Gasteiger partial charge in [0.05, 0.1) is 16.4 Å². The van der Waals surface area contributed by atoms with E-state index in [4.69, 9.17) is 17.3 Å². The standard InChI is InChI=1S/C11H15ClN2/c1-2-7-6-10(7)14-11-8(12)4-3-5-9(11)13/h3-5,7,10,14H,2,6,13H2,1H3. The van der Waals surface area contributed by atoms with Crippen molar-refractivity contribution in [2.24, 2.45) is 5.92 Å². The van der Waals surface area contributed by atoms with Gasteiger partial charge in [-0.15, -0.1) is 0 Å². The number of halogens is 1. The van der Waals surface area contributed by atoms with Gasteiger partial charge in [-0.25, -0.2) is 0 Å². The first-order valence-corrected chi connectivity index (χ1v) is 5.40. The van der Waals surface area contributed by atoms with Gasteiger partial charge in [0.1, 0.15) is 0 Å². The first kappa shape index (κ1) is 9.66. The van der Waals surface area contributed by atoms with E-state index < -0.39 is 0 Å². The van der Waals surface area contributed by atoms with Crippen molar-refractivity contribution in [3.8, 4) is 0 Å². The van der Waals surface area contributed by atoms with Crippen LogP contribution in [-0.4, -0.2) is 6.04 Å². The number of rotatable bonds is 3. The summed E-state index contributed by atoms with van der Waals surface area (Å²) in [5.74, 6) is 0.797. The van der Waals surface area contributed by atoms with Crippen molar-refractivity contribution in [3.05, 3.63) is 23.2 Å². The highest BCUT2D eigenvalue weighted by Crippen LogP contribution is 2.39. The van der Waals surface area contributed by atoms with Crippen LogP contribution in [0.25, 0.3) is 0 Å². The molecule has 0 saturated heterocycles. The van der Waals surface area contributed by atoms with E-state index in [2.05, 4.69) is 12.2 Å². The van der Waals surface area contributed by atoms with Gasteiger partial charge >= 0.3 is 0 Å². The monoisotopic (exact) mass is 210 g/mol. The SMILES string of the molecule is CCC1CC1Nc1c(N)cccc1Cl. The third-order valence-electron chi connectivity index (χ3n) is 2.82. The minimum Gasteiger partial charge on any atom is -0.397 e. The second-order valence-electron chi connectivity index (χ2n) is 3.86. The van der Waals surface area contributed by atoms with Crippen LogP contribution in [0.3, 0.4) is 0 Å². The molecule has 1 aliphatic carbocycles. The van der Waals surface area contributed by atoms with Gasteiger partial charge in [-0.2, -0.15) is 0 Å². The Bertz CT molecular complexity index is 318. The molecule has 0 bridgehead atoms. The summed E-state index contributed by atoms with van der Waals surface area (Å²) in [5.41, 5.74) is 7.47. The number of nitrogens with two attached hydrogens (primary N) is 1. The van der Waals surface area contributed by atoms with Gasteiger partial charge in [-0.05, 0) is 24.5 Å². The van der Waals surface area contributed by atoms with Gasteiger partial charge in [-0.1, -0.05) is 31.0 Å². The molecule has 0 heterocycles. The van der Waals surface area contributed by atoms with Crippen molar-refractivity contribution in [3.63, 3.8) is 0 Å². The average molecular weight is 211 g/mol. The summed E-state index contributed by atoms with van der Waals surface area (Å²) in [4.78, 5) is 0. The third-order valence-corrected chi connectivity index (χ3v) is 3.14. The van der Waals surface area contributed by atoms with Crippen molar-refractivity contribution in [1.82, 2.24) is 0 Å². The lowest BCUT2D eigenvalue weighted by Crippen LogP contribution is -2.07. The summed E-state index contributed by atoms with van der Waals surface area (Å²) in [6, 6.07) is 6.18. The largest absolute Gasteiger partial charge is 0.397 e. The van der Waals surface area contributed by atoms with E-state index in [1.807, 2.05) is 18.2 Å².